The van der Waals surface area contributed by atoms with Gasteiger partial charge in [0.05, 0.1) is 21.2 Å². The van der Waals surface area contributed by atoms with Crippen LogP contribution < -0.4 is 9.62 Å². The topological polar surface area (TPSA) is 86.8 Å². The molecule has 0 aromatic heterocycles. The summed E-state index contributed by atoms with van der Waals surface area (Å²) in [6, 6.07) is 22.1. The van der Waals surface area contributed by atoms with Crippen LogP contribution in [0.3, 0.4) is 0 Å². The molecule has 7 nitrogen and oxygen atoms in total. The molecule has 0 unspecified atom stereocenters. The fourth-order valence-corrected chi connectivity index (χ4v) is 6.57. The molecule has 4 aromatic rings. The summed E-state index contributed by atoms with van der Waals surface area (Å²) >= 11 is 5.85. The highest BCUT2D eigenvalue weighted by Gasteiger charge is 2.37. The number of hydrogen-bond donors (Lipinski definition) is 1. The van der Waals surface area contributed by atoms with Crippen molar-refractivity contribution in [2.45, 2.75) is 56.4 Å². The Balaban J connectivity index is 1.86. The van der Waals surface area contributed by atoms with E-state index in [2.05, 4.69) is 5.32 Å². The van der Waals surface area contributed by atoms with Crippen LogP contribution in [-0.4, -0.2) is 43.8 Å². The smallest absolute Gasteiger partial charge is 0.352 e. The average molecular weight is 704 g/mol. The minimum absolute atomic E-state index is 0.0284. The first kappa shape index (κ1) is 36.4. The zero-order chi connectivity index (χ0) is 35.1. The molecule has 0 spiro atoms. The van der Waals surface area contributed by atoms with Gasteiger partial charge in [0.2, 0.25) is 11.8 Å². The zero-order valence-electron chi connectivity index (χ0n) is 26.1. The van der Waals surface area contributed by atoms with Gasteiger partial charge >= 0.3 is 6.18 Å². The van der Waals surface area contributed by atoms with Crippen molar-refractivity contribution in [3.05, 3.63) is 131 Å². The van der Waals surface area contributed by atoms with Gasteiger partial charge in [-0.3, -0.25) is 13.9 Å². The predicted octanol–water partition coefficient (Wildman–Crippen LogP) is 7.25. The number of carbonyl (C=O) groups is 2. The van der Waals surface area contributed by atoms with E-state index in [0.29, 0.717) is 27.9 Å². The van der Waals surface area contributed by atoms with Crippen LogP contribution in [0.25, 0.3) is 0 Å². The van der Waals surface area contributed by atoms with E-state index in [-0.39, 0.29) is 23.9 Å². The SMILES string of the molecule is CC[C@@H](C)NC(=O)[C@@H](Cc1ccccc1)N(Cc1ccc(F)cc1)C(=O)CN(c1ccc(Cl)c(C(F)(F)F)c1)S(=O)(=O)c1ccccc1. The van der Waals surface area contributed by atoms with Gasteiger partial charge in [0.15, 0.2) is 0 Å². The lowest BCUT2D eigenvalue weighted by atomic mass is 10.0. The zero-order valence-corrected chi connectivity index (χ0v) is 27.7. The van der Waals surface area contributed by atoms with Crippen LogP contribution in [-0.2, 0) is 38.8 Å². The molecule has 0 radical (unpaired) electrons. The van der Waals surface area contributed by atoms with Crippen LogP contribution in [0.2, 0.25) is 5.02 Å². The maximum absolute atomic E-state index is 14.4. The maximum Gasteiger partial charge on any atom is 0.417 e. The Bertz CT molecular complexity index is 1810. The molecule has 2 amide bonds. The monoisotopic (exact) mass is 703 g/mol. The highest BCUT2D eigenvalue weighted by molar-refractivity contribution is 7.92. The molecule has 2 atom stereocenters. The van der Waals surface area contributed by atoms with Gasteiger partial charge in [-0.1, -0.05) is 79.2 Å². The van der Waals surface area contributed by atoms with Crippen molar-refractivity contribution in [2.75, 3.05) is 10.8 Å². The largest absolute Gasteiger partial charge is 0.417 e. The van der Waals surface area contributed by atoms with Crippen molar-refractivity contribution >= 4 is 39.1 Å². The quantitative estimate of drug-likeness (QED) is 0.149. The molecule has 4 aromatic carbocycles. The maximum atomic E-state index is 14.4. The van der Waals surface area contributed by atoms with Crippen molar-refractivity contribution < 1.29 is 35.6 Å². The summed E-state index contributed by atoms with van der Waals surface area (Å²) in [5, 5.41) is 2.23. The summed E-state index contributed by atoms with van der Waals surface area (Å²) in [4.78, 5) is 29.2. The van der Waals surface area contributed by atoms with Crippen molar-refractivity contribution in [1.29, 1.82) is 0 Å². The molecule has 0 saturated heterocycles. The minimum Gasteiger partial charge on any atom is -0.352 e. The van der Waals surface area contributed by atoms with Gasteiger partial charge in [0.25, 0.3) is 10.0 Å². The Morgan fingerprint density at radius 2 is 1.48 bits per heavy atom. The molecule has 0 aliphatic rings. The summed E-state index contributed by atoms with van der Waals surface area (Å²) in [5.74, 6) is -1.94. The standard InChI is InChI=1S/C35H34ClF4N3O4S/c1-3-24(2)41-34(45)32(20-25-10-6-4-7-11-25)42(22-26-14-16-27(37)17-15-26)33(44)23-43(48(46,47)29-12-8-5-9-13-29)28-18-19-31(36)30(21-28)35(38,39)40/h4-19,21,24,32H,3,20,22-23H2,1-2H3,(H,41,45)/t24-,32-/m1/s1. The van der Waals surface area contributed by atoms with E-state index in [9.17, 15) is 35.6 Å². The molecular weight excluding hydrogens is 670 g/mol. The fraction of sp³-hybridized carbons (Fsp3) is 0.257. The number of hydrogen-bond acceptors (Lipinski definition) is 4. The number of nitrogens with zero attached hydrogens (tertiary/aromatic N) is 2. The number of anilines is 1. The first-order chi connectivity index (χ1) is 22.7. The van der Waals surface area contributed by atoms with Crippen molar-refractivity contribution in [1.82, 2.24) is 10.2 Å². The fourth-order valence-electron chi connectivity index (χ4n) is 4.92. The predicted molar refractivity (Wildman–Crippen MR) is 176 cm³/mol. The summed E-state index contributed by atoms with van der Waals surface area (Å²) in [5.41, 5.74) is -0.628. The van der Waals surface area contributed by atoms with Crippen molar-refractivity contribution in [3.8, 4) is 0 Å². The van der Waals surface area contributed by atoms with Crippen molar-refractivity contribution in [3.63, 3.8) is 0 Å². The molecule has 0 aliphatic carbocycles. The Hall–Kier alpha value is -4.42. The Morgan fingerprint density at radius 3 is 2.06 bits per heavy atom. The lowest BCUT2D eigenvalue weighted by molar-refractivity contribution is -0.140. The minimum atomic E-state index is -4.93. The second kappa shape index (κ2) is 15.7. The number of sulfonamides is 1. The number of halogens is 5. The third-order valence-electron chi connectivity index (χ3n) is 7.69. The molecular formula is C35H34ClF4N3O4S. The van der Waals surface area contributed by atoms with Gasteiger partial charge in [-0.05, 0) is 66.9 Å². The van der Waals surface area contributed by atoms with Crippen LogP contribution in [0, 0.1) is 5.82 Å². The lowest BCUT2D eigenvalue weighted by Crippen LogP contribution is -2.54. The third kappa shape index (κ3) is 9.13. The second-order valence-electron chi connectivity index (χ2n) is 11.2. The number of benzene rings is 4. The first-order valence-electron chi connectivity index (χ1n) is 15.0. The van der Waals surface area contributed by atoms with Crippen LogP contribution >= 0.6 is 11.6 Å². The molecule has 0 saturated carbocycles. The van der Waals surface area contributed by atoms with E-state index in [1.165, 1.54) is 53.4 Å². The molecule has 0 heterocycles. The van der Waals surface area contributed by atoms with Gasteiger partial charge in [-0.15, -0.1) is 0 Å². The molecule has 0 aliphatic heterocycles. The van der Waals surface area contributed by atoms with Gasteiger partial charge < -0.3 is 10.2 Å². The van der Waals surface area contributed by atoms with Gasteiger partial charge in [0, 0.05) is 19.0 Å². The van der Waals surface area contributed by atoms with E-state index in [4.69, 9.17) is 11.6 Å². The highest BCUT2D eigenvalue weighted by atomic mass is 35.5. The molecule has 0 bridgehead atoms. The number of rotatable bonds is 13. The normalized spacial score (nSPS) is 13.0. The van der Waals surface area contributed by atoms with Gasteiger partial charge in [-0.2, -0.15) is 13.2 Å². The number of amides is 2. The summed E-state index contributed by atoms with van der Waals surface area (Å²) < 4.78 is 84.2. The second-order valence-corrected chi connectivity index (χ2v) is 13.4. The first-order valence-corrected chi connectivity index (χ1v) is 16.8. The van der Waals surface area contributed by atoms with E-state index >= 15 is 0 Å². The van der Waals surface area contributed by atoms with Gasteiger partial charge in [-0.25, -0.2) is 12.8 Å². The Kier molecular flexibility index (Phi) is 11.9. The van der Waals surface area contributed by atoms with E-state index in [1.54, 1.807) is 43.3 Å². The molecule has 254 valence electrons. The molecule has 48 heavy (non-hydrogen) atoms. The summed E-state index contributed by atoms with van der Waals surface area (Å²) in [6.45, 7) is 2.44. The van der Waals surface area contributed by atoms with Gasteiger partial charge in [0.1, 0.15) is 18.4 Å². The summed E-state index contributed by atoms with van der Waals surface area (Å²) in [6.07, 6.45) is -4.32. The van der Waals surface area contributed by atoms with E-state index in [0.717, 1.165) is 12.1 Å². The Labute approximate surface area is 282 Å². The van der Waals surface area contributed by atoms with Crippen LogP contribution in [0.5, 0.6) is 0 Å². The summed E-state index contributed by atoms with van der Waals surface area (Å²) in [7, 11) is -4.64. The average Bonchev–Trinajstić information content (AvgIpc) is 3.06. The number of alkyl halides is 3. The van der Waals surface area contributed by atoms with Crippen molar-refractivity contribution in [2.24, 2.45) is 0 Å². The van der Waals surface area contributed by atoms with Crippen LogP contribution in [0.4, 0.5) is 23.2 Å². The molecule has 4 rings (SSSR count). The molecule has 13 heteroatoms. The highest BCUT2D eigenvalue weighted by Crippen LogP contribution is 2.38. The Morgan fingerprint density at radius 1 is 0.875 bits per heavy atom. The van der Waals surface area contributed by atoms with E-state index < -0.39 is 62.7 Å². The van der Waals surface area contributed by atoms with E-state index in [1.807, 2.05) is 6.92 Å². The number of nitrogens with one attached hydrogen (secondary N) is 1. The third-order valence-corrected chi connectivity index (χ3v) is 9.81. The molecule has 0 fully saturated rings. The number of carbonyl (C=O) groups excluding carboxylic acids is 2. The van der Waals surface area contributed by atoms with Crippen LogP contribution in [0.1, 0.15) is 37.0 Å². The van der Waals surface area contributed by atoms with Crippen LogP contribution in [0.15, 0.2) is 108 Å². The molecule has 1 N–H and O–H groups in total. The lowest BCUT2D eigenvalue weighted by Gasteiger charge is -2.34.